The van der Waals surface area contributed by atoms with E-state index in [2.05, 4.69) is 10.3 Å². The van der Waals surface area contributed by atoms with Gasteiger partial charge < -0.3 is 10.4 Å². The summed E-state index contributed by atoms with van der Waals surface area (Å²) in [4.78, 5) is 4.22. The summed E-state index contributed by atoms with van der Waals surface area (Å²) in [7, 11) is 0. The van der Waals surface area contributed by atoms with Gasteiger partial charge in [0.1, 0.15) is 0 Å². The van der Waals surface area contributed by atoms with Crippen LogP contribution in [-0.4, -0.2) is 29.3 Å². The molecule has 0 saturated carbocycles. The molecule has 1 aromatic heterocycles. The molecule has 2 N–H and O–H groups in total. The Hall–Kier alpha value is -0.930. The van der Waals surface area contributed by atoms with Crippen molar-refractivity contribution in [2.24, 2.45) is 0 Å². The van der Waals surface area contributed by atoms with E-state index < -0.39 is 0 Å². The molecule has 3 heteroatoms. The van der Waals surface area contributed by atoms with Gasteiger partial charge in [-0.3, -0.25) is 4.98 Å². The maximum Gasteiger partial charge on any atom is 0.0745 e. The van der Waals surface area contributed by atoms with Gasteiger partial charge in [-0.15, -0.1) is 0 Å². The van der Waals surface area contributed by atoms with Gasteiger partial charge in [0.25, 0.3) is 0 Å². The van der Waals surface area contributed by atoms with E-state index in [-0.39, 0.29) is 12.0 Å². The summed E-state index contributed by atoms with van der Waals surface area (Å²) >= 11 is 0. The lowest BCUT2D eigenvalue weighted by atomic mass is 9.98. The number of β-amino-alcohol motifs (C(OH)–C–C–N with tert-alkyl or cyclic N) is 1. The van der Waals surface area contributed by atoms with E-state index in [1.807, 2.05) is 25.3 Å². The van der Waals surface area contributed by atoms with Crippen molar-refractivity contribution in [3.63, 3.8) is 0 Å². The summed E-state index contributed by atoms with van der Waals surface area (Å²) in [5.41, 5.74) is 2.15. The minimum atomic E-state index is -0.260. The van der Waals surface area contributed by atoms with Crippen LogP contribution >= 0.6 is 0 Å². The molecule has 0 spiro atoms. The Labute approximate surface area is 77.8 Å². The highest BCUT2D eigenvalue weighted by molar-refractivity contribution is 5.21. The monoisotopic (exact) mass is 178 g/mol. The molecule has 70 valence electrons. The van der Waals surface area contributed by atoms with Crippen LogP contribution in [0.2, 0.25) is 0 Å². The fraction of sp³-hybridized carbons (Fsp3) is 0.500. The minimum absolute atomic E-state index is 0.216. The zero-order valence-electron chi connectivity index (χ0n) is 7.70. The van der Waals surface area contributed by atoms with Crippen LogP contribution in [0.3, 0.4) is 0 Å². The molecule has 0 aliphatic carbocycles. The molecule has 0 aromatic carbocycles. The zero-order chi connectivity index (χ0) is 9.26. The van der Waals surface area contributed by atoms with Gasteiger partial charge in [0.05, 0.1) is 6.10 Å². The lowest BCUT2D eigenvalue weighted by Crippen LogP contribution is -2.16. The number of nitrogens with zero attached hydrogens (tertiary/aromatic N) is 1. The highest BCUT2D eigenvalue weighted by Crippen LogP contribution is 2.21. The standard InChI is InChI=1S/C10H14N2O/c1-7-2-3-8(4-12-7)9-5-11-6-10(9)13/h2-4,9-11,13H,5-6H2,1H3. The van der Waals surface area contributed by atoms with E-state index >= 15 is 0 Å². The van der Waals surface area contributed by atoms with Crippen LogP contribution in [0.15, 0.2) is 18.3 Å². The van der Waals surface area contributed by atoms with E-state index in [0.29, 0.717) is 6.54 Å². The predicted molar refractivity (Wildman–Crippen MR) is 50.6 cm³/mol. The number of aliphatic hydroxyl groups is 1. The first-order valence-electron chi connectivity index (χ1n) is 4.58. The largest absolute Gasteiger partial charge is 0.391 e. The molecular formula is C10H14N2O. The molecule has 2 unspecified atom stereocenters. The first-order valence-corrected chi connectivity index (χ1v) is 4.58. The molecule has 13 heavy (non-hydrogen) atoms. The highest BCUT2D eigenvalue weighted by Gasteiger charge is 2.26. The van der Waals surface area contributed by atoms with Crippen LogP contribution < -0.4 is 5.32 Å². The predicted octanol–water partition coefficient (Wildman–Crippen LogP) is 0.438. The van der Waals surface area contributed by atoms with Gasteiger partial charge in [0, 0.05) is 30.9 Å². The molecule has 1 aromatic rings. The second-order valence-electron chi connectivity index (χ2n) is 3.57. The molecule has 1 fully saturated rings. The van der Waals surface area contributed by atoms with E-state index in [4.69, 9.17) is 0 Å². The fourth-order valence-corrected chi connectivity index (χ4v) is 1.70. The van der Waals surface area contributed by atoms with E-state index in [1.165, 1.54) is 0 Å². The highest BCUT2D eigenvalue weighted by atomic mass is 16.3. The third kappa shape index (κ3) is 1.71. The molecule has 1 saturated heterocycles. The smallest absolute Gasteiger partial charge is 0.0745 e. The molecule has 2 heterocycles. The first-order chi connectivity index (χ1) is 6.27. The molecule has 2 atom stereocenters. The molecule has 2 rings (SSSR count). The van der Waals surface area contributed by atoms with Crippen molar-refractivity contribution >= 4 is 0 Å². The number of aryl methyl sites for hydroxylation is 1. The van der Waals surface area contributed by atoms with Crippen molar-refractivity contribution in [1.82, 2.24) is 10.3 Å². The quantitative estimate of drug-likeness (QED) is 0.656. The summed E-state index contributed by atoms with van der Waals surface area (Å²) in [6.07, 6.45) is 1.60. The Morgan fingerprint density at radius 3 is 2.85 bits per heavy atom. The van der Waals surface area contributed by atoms with Crippen molar-refractivity contribution in [2.45, 2.75) is 18.9 Å². The maximum absolute atomic E-state index is 9.62. The Kier molecular flexibility index (Phi) is 2.29. The topological polar surface area (TPSA) is 45.1 Å². The van der Waals surface area contributed by atoms with Crippen LogP contribution in [0, 0.1) is 6.92 Å². The first kappa shape index (κ1) is 8.66. The third-order valence-corrected chi connectivity index (χ3v) is 2.54. The Morgan fingerprint density at radius 1 is 1.46 bits per heavy atom. The van der Waals surface area contributed by atoms with E-state index in [0.717, 1.165) is 17.8 Å². The van der Waals surface area contributed by atoms with Crippen molar-refractivity contribution in [2.75, 3.05) is 13.1 Å². The van der Waals surface area contributed by atoms with Crippen LogP contribution in [0.5, 0.6) is 0 Å². The summed E-state index contributed by atoms with van der Waals surface area (Å²) in [6, 6.07) is 4.03. The average molecular weight is 178 g/mol. The summed E-state index contributed by atoms with van der Waals surface area (Å²) in [5.74, 6) is 0.216. The van der Waals surface area contributed by atoms with Gasteiger partial charge in [-0.1, -0.05) is 6.07 Å². The Balaban J connectivity index is 2.20. The normalized spacial score (nSPS) is 27.8. The lowest BCUT2D eigenvalue weighted by molar-refractivity contribution is 0.177. The zero-order valence-corrected chi connectivity index (χ0v) is 7.70. The summed E-state index contributed by atoms with van der Waals surface area (Å²) in [6.45, 7) is 3.51. The molecule has 1 aliphatic rings. The van der Waals surface area contributed by atoms with Crippen molar-refractivity contribution in [3.8, 4) is 0 Å². The third-order valence-electron chi connectivity index (χ3n) is 2.54. The van der Waals surface area contributed by atoms with Crippen LogP contribution in [0.1, 0.15) is 17.2 Å². The Bertz CT molecular complexity index is 283. The second kappa shape index (κ2) is 3.44. The molecule has 0 bridgehead atoms. The van der Waals surface area contributed by atoms with Gasteiger partial charge in [-0.05, 0) is 18.6 Å². The minimum Gasteiger partial charge on any atom is -0.391 e. The van der Waals surface area contributed by atoms with Gasteiger partial charge in [-0.2, -0.15) is 0 Å². The van der Waals surface area contributed by atoms with Gasteiger partial charge in [0.2, 0.25) is 0 Å². The van der Waals surface area contributed by atoms with Crippen LogP contribution in [0.4, 0.5) is 0 Å². The number of rotatable bonds is 1. The lowest BCUT2D eigenvalue weighted by Gasteiger charge is -2.12. The molecule has 0 radical (unpaired) electrons. The fourth-order valence-electron chi connectivity index (χ4n) is 1.70. The van der Waals surface area contributed by atoms with Crippen molar-refractivity contribution < 1.29 is 5.11 Å². The van der Waals surface area contributed by atoms with Crippen molar-refractivity contribution in [3.05, 3.63) is 29.6 Å². The molecular weight excluding hydrogens is 164 g/mol. The SMILES string of the molecule is Cc1ccc(C2CNCC2O)cn1. The number of aliphatic hydroxyl groups excluding tert-OH is 1. The van der Waals surface area contributed by atoms with Crippen LogP contribution in [0.25, 0.3) is 0 Å². The second-order valence-corrected chi connectivity index (χ2v) is 3.57. The molecule has 0 amide bonds. The van der Waals surface area contributed by atoms with Gasteiger partial charge in [-0.25, -0.2) is 0 Å². The van der Waals surface area contributed by atoms with Crippen molar-refractivity contribution in [1.29, 1.82) is 0 Å². The number of aromatic nitrogens is 1. The number of nitrogens with one attached hydrogen (secondary N) is 1. The number of hydrogen-bond donors (Lipinski definition) is 2. The summed E-state index contributed by atoms with van der Waals surface area (Å²) in [5, 5.41) is 12.8. The van der Waals surface area contributed by atoms with Gasteiger partial charge in [0.15, 0.2) is 0 Å². The van der Waals surface area contributed by atoms with E-state index in [1.54, 1.807) is 0 Å². The molecule has 3 nitrogen and oxygen atoms in total. The van der Waals surface area contributed by atoms with Gasteiger partial charge >= 0.3 is 0 Å². The summed E-state index contributed by atoms with van der Waals surface area (Å²) < 4.78 is 0. The number of pyridine rings is 1. The average Bonchev–Trinajstić information content (AvgIpc) is 2.53. The number of hydrogen-bond acceptors (Lipinski definition) is 3. The maximum atomic E-state index is 9.62. The molecule has 1 aliphatic heterocycles. The van der Waals surface area contributed by atoms with E-state index in [9.17, 15) is 5.11 Å². The Morgan fingerprint density at radius 2 is 2.31 bits per heavy atom. The van der Waals surface area contributed by atoms with Crippen LogP contribution in [-0.2, 0) is 0 Å².